The largest absolute Gasteiger partial charge is 0.352 e. The molecule has 1 aromatic carbocycles. The number of nitrogens with one attached hydrogen (secondary N) is 1. The van der Waals surface area contributed by atoms with Crippen LogP contribution in [0.1, 0.15) is 32.8 Å². The molecule has 0 heterocycles. The molecule has 22 heavy (non-hydrogen) atoms. The van der Waals surface area contributed by atoms with Crippen molar-refractivity contribution in [3.63, 3.8) is 0 Å². The van der Waals surface area contributed by atoms with Gasteiger partial charge in [0.15, 0.2) is 0 Å². The van der Waals surface area contributed by atoms with Gasteiger partial charge in [0.1, 0.15) is 6.04 Å². The molecule has 5 nitrogen and oxygen atoms in total. The highest BCUT2D eigenvalue weighted by atomic mass is 35.5. The second-order valence-corrected chi connectivity index (χ2v) is 7.78. The third-order valence-corrected chi connectivity index (χ3v) is 4.96. The summed E-state index contributed by atoms with van der Waals surface area (Å²) in [6.07, 6.45) is 1.86. The van der Waals surface area contributed by atoms with E-state index >= 15 is 0 Å². The molecule has 0 saturated heterocycles. The Morgan fingerprint density at radius 3 is 2.45 bits per heavy atom. The van der Waals surface area contributed by atoms with Gasteiger partial charge in [0.2, 0.25) is 15.9 Å². The van der Waals surface area contributed by atoms with Crippen LogP contribution in [0.2, 0.25) is 5.02 Å². The summed E-state index contributed by atoms with van der Waals surface area (Å²) >= 11 is 5.98. The monoisotopic (exact) mass is 346 g/mol. The number of hydrogen-bond acceptors (Lipinski definition) is 3. The summed E-state index contributed by atoms with van der Waals surface area (Å²) in [5.41, 5.74) is 1.15. The van der Waals surface area contributed by atoms with E-state index in [9.17, 15) is 13.2 Å². The molecule has 2 unspecified atom stereocenters. The van der Waals surface area contributed by atoms with E-state index in [0.29, 0.717) is 10.7 Å². The minimum absolute atomic E-state index is 0.0168. The fourth-order valence-electron chi connectivity index (χ4n) is 2.07. The number of carbonyl (C=O) groups is 1. The maximum atomic E-state index is 12.3. The Bertz CT molecular complexity index is 646. The summed E-state index contributed by atoms with van der Waals surface area (Å²) in [6, 6.07) is 4.10. The fourth-order valence-corrected chi connectivity index (χ4v) is 3.46. The van der Waals surface area contributed by atoms with E-state index in [4.69, 9.17) is 11.6 Å². The van der Waals surface area contributed by atoms with Gasteiger partial charge in [0.25, 0.3) is 0 Å². The summed E-state index contributed by atoms with van der Waals surface area (Å²) in [5, 5.41) is 3.23. The van der Waals surface area contributed by atoms with E-state index in [1.165, 1.54) is 0 Å². The van der Waals surface area contributed by atoms with Crippen LogP contribution >= 0.6 is 11.6 Å². The zero-order valence-electron chi connectivity index (χ0n) is 13.6. The van der Waals surface area contributed by atoms with Crippen LogP contribution in [0.25, 0.3) is 0 Å². The van der Waals surface area contributed by atoms with Crippen molar-refractivity contribution < 1.29 is 13.2 Å². The van der Waals surface area contributed by atoms with Gasteiger partial charge in [-0.25, -0.2) is 8.42 Å². The predicted octanol–water partition coefficient (Wildman–Crippen LogP) is 2.72. The van der Waals surface area contributed by atoms with Crippen LogP contribution in [0.5, 0.6) is 0 Å². The molecule has 0 aliphatic heterocycles. The number of hydrogen-bond donors (Lipinski definition) is 1. The van der Waals surface area contributed by atoms with Crippen LogP contribution in [0.4, 0.5) is 5.69 Å². The molecule has 2 atom stereocenters. The SMILES string of the molecule is CCC(C)NC(=O)C(C)N(c1cc(Cl)ccc1C)S(C)(=O)=O. The predicted molar refractivity (Wildman–Crippen MR) is 90.9 cm³/mol. The van der Waals surface area contributed by atoms with E-state index in [1.54, 1.807) is 32.0 Å². The quantitative estimate of drug-likeness (QED) is 0.861. The summed E-state index contributed by atoms with van der Waals surface area (Å²) < 4.78 is 25.5. The minimum atomic E-state index is -3.63. The van der Waals surface area contributed by atoms with Crippen molar-refractivity contribution >= 4 is 33.2 Å². The maximum absolute atomic E-state index is 12.3. The molecule has 0 saturated carbocycles. The zero-order chi connectivity index (χ0) is 17.1. The van der Waals surface area contributed by atoms with Crippen LogP contribution in [-0.4, -0.2) is 32.7 Å². The van der Waals surface area contributed by atoms with Gasteiger partial charge in [0.05, 0.1) is 11.9 Å². The lowest BCUT2D eigenvalue weighted by molar-refractivity contribution is -0.122. The van der Waals surface area contributed by atoms with Crippen molar-refractivity contribution in [2.24, 2.45) is 0 Å². The number of sulfonamides is 1. The molecule has 1 rings (SSSR count). The molecule has 0 aliphatic carbocycles. The molecule has 0 bridgehead atoms. The van der Waals surface area contributed by atoms with Gasteiger partial charge in [-0.3, -0.25) is 9.10 Å². The Hall–Kier alpha value is -1.27. The van der Waals surface area contributed by atoms with Gasteiger partial charge >= 0.3 is 0 Å². The number of nitrogens with zero attached hydrogens (tertiary/aromatic N) is 1. The van der Waals surface area contributed by atoms with Gasteiger partial charge in [-0.05, 0) is 44.9 Å². The Morgan fingerprint density at radius 1 is 1.36 bits per heavy atom. The first-order valence-electron chi connectivity index (χ1n) is 7.13. The third-order valence-electron chi connectivity index (χ3n) is 3.50. The minimum Gasteiger partial charge on any atom is -0.352 e. The highest BCUT2D eigenvalue weighted by molar-refractivity contribution is 7.92. The molecule has 0 fully saturated rings. The number of anilines is 1. The van der Waals surface area contributed by atoms with Gasteiger partial charge < -0.3 is 5.32 Å². The van der Waals surface area contributed by atoms with Crippen LogP contribution in [0.15, 0.2) is 18.2 Å². The first-order valence-corrected chi connectivity index (χ1v) is 9.36. The molecule has 124 valence electrons. The van der Waals surface area contributed by atoms with Crippen LogP contribution in [-0.2, 0) is 14.8 Å². The fraction of sp³-hybridized carbons (Fsp3) is 0.533. The molecular weight excluding hydrogens is 324 g/mol. The standard InChI is InChI=1S/C15H23ClN2O3S/c1-6-11(3)17-15(19)12(4)18(22(5,20)21)14-9-13(16)8-7-10(14)2/h7-9,11-12H,6H2,1-5H3,(H,17,19). The maximum Gasteiger partial charge on any atom is 0.243 e. The Labute approximate surface area is 137 Å². The molecule has 1 aromatic rings. The van der Waals surface area contributed by atoms with Gasteiger partial charge in [-0.2, -0.15) is 0 Å². The van der Waals surface area contributed by atoms with E-state index in [2.05, 4.69) is 5.32 Å². The van der Waals surface area contributed by atoms with Crippen molar-refractivity contribution in [2.75, 3.05) is 10.6 Å². The van der Waals surface area contributed by atoms with Crippen molar-refractivity contribution in [1.29, 1.82) is 0 Å². The number of amides is 1. The van der Waals surface area contributed by atoms with Gasteiger partial charge in [0, 0.05) is 11.1 Å². The third kappa shape index (κ3) is 4.61. The van der Waals surface area contributed by atoms with E-state index in [1.807, 2.05) is 13.8 Å². The summed E-state index contributed by atoms with van der Waals surface area (Å²) in [6.45, 7) is 7.17. The lowest BCUT2D eigenvalue weighted by atomic mass is 10.1. The topological polar surface area (TPSA) is 66.5 Å². The van der Waals surface area contributed by atoms with Gasteiger partial charge in [-0.1, -0.05) is 24.6 Å². The molecule has 1 N–H and O–H groups in total. The number of aryl methyl sites for hydroxylation is 1. The first-order chi connectivity index (χ1) is 10.1. The van der Waals surface area contributed by atoms with Crippen molar-refractivity contribution in [3.8, 4) is 0 Å². The Morgan fingerprint density at radius 2 is 1.95 bits per heavy atom. The van der Waals surface area contributed by atoms with E-state index in [-0.39, 0.29) is 11.9 Å². The van der Waals surface area contributed by atoms with E-state index in [0.717, 1.165) is 22.5 Å². The average molecular weight is 347 g/mol. The number of benzene rings is 1. The summed E-state index contributed by atoms with van der Waals surface area (Å²) in [5.74, 6) is -0.334. The van der Waals surface area contributed by atoms with Crippen molar-refractivity contribution in [1.82, 2.24) is 5.32 Å². The molecule has 0 spiro atoms. The normalized spacial score (nSPS) is 14.3. The highest BCUT2D eigenvalue weighted by Crippen LogP contribution is 2.28. The number of halogens is 1. The molecule has 7 heteroatoms. The number of carbonyl (C=O) groups excluding carboxylic acids is 1. The summed E-state index contributed by atoms with van der Waals surface area (Å²) in [4.78, 5) is 12.3. The van der Waals surface area contributed by atoms with Gasteiger partial charge in [-0.15, -0.1) is 0 Å². The van der Waals surface area contributed by atoms with Crippen molar-refractivity contribution in [3.05, 3.63) is 28.8 Å². The Kier molecular flexibility index (Phi) is 6.26. The van der Waals surface area contributed by atoms with Crippen LogP contribution in [0.3, 0.4) is 0 Å². The van der Waals surface area contributed by atoms with Crippen LogP contribution < -0.4 is 9.62 Å². The molecule has 0 radical (unpaired) electrons. The van der Waals surface area contributed by atoms with Crippen molar-refractivity contribution in [2.45, 2.75) is 46.2 Å². The molecule has 0 aliphatic rings. The highest BCUT2D eigenvalue weighted by Gasteiger charge is 2.30. The lowest BCUT2D eigenvalue weighted by Crippen LogP contribution is -2.50. The smallest absolute Gasteiger partial charge is 0.243 e. The second kappa shape index (κ2) is 7.33. The molecular formula is C15H23ClN2O3S. The molecule has 1 amide bonds. The van der Waals surface area contributed by atoms with E-state index < -0.39 is 16.1 Å². The van der Waals surface area contributed by atoms with Crippen LogP contribution in [0, 0.1) is 6.92 Å². The zero-order valence-corrected chi connectivity index (χ0v) is 15.1. The number of rotatable bonds is 6. The first kappa shape index (κ1) is 18.8. The Balaban J connectivity index is 3.25. The average Bonchev–Trinajstić information content (AvgIpc) is 2.41. The lowest BCUT2D eigenvalue weighted by Gasteiger charge is -2.30. The summed E-state index contributed by atoms with van der Waals surface area (Å²) in [7, 11) is -3.63. The molecule has 0 aromatic heterocycles. The second-order valence-electron chi connectivity index (χ2n) is 5.48.